The molecule has 2 fully saturated rings. The Balaban J connectivity index is 1.25. The van der Waals surface area contributed by atoms with E-state index in [4.69, 9.17) is 11.6 Å². The summed E-state index contributed by atoms with van der Waals surface area (Å²) in [5.41, 5.74) is 1.83. The number of hydrogen-bond acceptors (Lipinski definition) is 5. The molecule has 146 valence electrons. The lowest BCUT2D eigenvalue weighted by Crippen LogP contribution is -2.46. The molecule has 0 radical (unpaired) electrons. The number of piperazine rings is 1. The minimum Gasteiger partial charge on any atom is -0.354 e. The molecule has 1 saturated heterocycles. The molecule has 4 heterocycles. The Morgan fingerprint density at radius 3 is 2.61 bits per heavy atom. The first kappa shape index (κ1) is 17.8. The molecule has 1 aliphatic heterocycles. The van der Waals surface area contributed by atoms with Crippen molar-refractivity contribution in [2.24, 2.45) is 5.92 Å². The summed E-state index contributed by atoms with van der Waals surface area (Å²) in [6.07, 6.45) is 6.89. The molecular formula is C20H22ClFN6. The standard InChI is InChI=1S/C20H22ClFN6/c21-19-15(5-6-28-18(11-14-1-2-14)24-25-20(19)28)13-26-7-9-27(10-8-26)17-4-3-16(22)12-23-17/h3-6,12,14H,1-2,7-11,13H2. The summed E-state index contributed by atoms with van der Waals surface area (Å²) < 4.78 is 15.1. The van der Waals surface area contributed by atoms with Gasteiger partial charge in [-0.15, -0.1) is 10.2 Å². The number of rotatable bonds is 5. The molecule has 0 N–H and O–H groups in total. The van der Waals surface area contributed by atoms with E-state index < -0.39 is 0 Å². The van der Waals surface area contributed by atoms with E-state index in [1.165, 1.54) is 25.1 Å². The van der Waals surface area contributed by atoms with E-state index in [9.17, 15) is 4.39 Å². The van der Waals surface area contributed by atoms with Crippen molar-refractivity contribution < 1.29 is 4.39 Å². The maximum absolute atomic E-state index is 13.1. The van der Waals surface area contributed by atoms with E-state index in [1.54, 1.807) is 6.07 Å². The highest BCUT2D eigenvalue weighted by atomic mass is 35.5. The lowest BCUT2D eigenvalue weighted by molar-refractivity contribution is 0.249. The lowest BCUT2D eigenvalue weighted by Gasteiger charge is -2.35. The van der Waals surface area contributed by atoms with E-state index in [2.05, 4.69) is 31.0 Å². The molecule has 0 aromatic carbocycles. The van der Waals surface area contributed by atoms with Gasteiger partial charge in [-0.3, -0.25) is 9.30 Å². The van der Waals surface area contributed by atoms with Gasteiger partial charge in [0, 0.05) is 45.3 Å². The van der Waals surface area contributed by atoms with Gasteiger partial charge in [-0.05, 0) is 42.5 Å². The second-order valence-corrected chi connectivity index (χ2v) is 8.09. The van der Waals surface area contributed by atoms with E-state index in [0.29, 0.717) is 5.02 Å². The lowest BCUT2D eigenvalue weighted by atomic mass is 10.2. The molecule has 28 heavy (non-hydrogen) atoms. The topological polar surface area (TPSA) is 49.6 Å². The predicted octanol–water partition coefficient (Wildman–Crippen LogP) is 3.19. The minimum atomic E-state index is -0.304. The van der Waals surface area contributed by atoms with Crippen LogP contribution in [-0.2, 0) is 13.0 Å². The molecule has 1 aliphatic carbocycles. The Morgan fingerprint density at radius 1 is 1.07 bits per heavy atom. The molecule has 3 aromatic heterocycles. The maximum atomic E-state index is 13.1. The van der Waals surface area contributed by atoms with Gasteiger partial charge in [-0.1, -0.05) is 11.6 Å². The van der Waals surface area contributed by atoms with Crippen LogP contribution in [-0.4, -0.2) is 50.7 Å². The third-order valence-electron chi connectivity index (χ3n) is 5.64. The fraction of sp³-hybridized carbons (Fsp3) is 0.450. The number of hydrogen-bond donors (Lipinski definition) is 0. The van der Waals surface area contributed by atoms with Gasteiger partial charge in [-0.25, -0.2) is 9.37 Å². The largest absolute Gasteiger partial charge is 0.354 e. The van der Waals surface area contributed by atoms with E-state index >= 15 is 0 Å². The molecule has 6 nitrogen and oxygen atoms in total. The first-order valence-corrected chi connectivity index (χ1v) is 10.1. The quantitative estimate of drug-likeness (QED) is 0.658. The Morgan fingerprint density at radius 2 is 1.89 bits per heavy atom. The molecule has 0 bridgehead atoms. The summed E-state index contributed by atoms with van der Waals surface area (Å²) in [6.45, 7) is 4.30. The van der Waals surface area contributed by atoms with Gasteiger partial charge in [-0.2, -0.15) is 0 Å². The van der Waals surface area contributed by atoms with Gasteiger partial charge in [0.1, 0.15) is 17.5 Å². The smallest absolute Gasteiger partial charge is 0.179 e. The zero-order valence-electron chi connectivity index (χ0n) is 15.6. The number of nitrogens with zero attached hydrogens (tertiary/aromatic N) is 6. The second kappa shape index (κ2) is 7.29. The predicted molar refractivity (Wildman–Crippen MR) is 106 cm³/mol. The summed E-state index contributed by atoms with van der Waals surface area (Å²) in [7, 11) is 0. The SMILES string of the molecule is Fc1ccc(N2CCN(Cc3ccn4c(CC5CC5)nnc4c3Cl)CC2)nc1. The Hall–Kier alpha value is -2.25. The molecule has 8 heteroatoms. The van der Waals surface area contributed by atoms with Crippen molar-refractivity contribution in [3.63, 3.8) is 0 Å². The number of fused-ring (bicyclic) bond motifs is 1. The zero-order valence-corrected chi connectivity index (χ0v) is 16.3. The van der Waals surface area contributed by atoms with Crippen molar-refractivity contribution in [1.82, 2.24) is 24.5 Å². The summed E-state index contributed by atoms with van der Waals surface area (Å²) >= 11 is 6.66. The Labute approximate surface area is 167 Å². The van der Waals surface area contributed by atoms with Crippen LogP contribution in [0.5, 0.6) is 0 Å². The van der Waals surface area contributed by atoms with Crippen molar-refractivity contribution >= 4 is 23.1 Å². The number of pyridine rings is 2. The molecule has 0 spiro atoms. The monoisotopic (exact) mass is 400 g/mol. The van der Waals surface area contributed by atoms with Gasteiger partial charge in [0.15, 0.2) is 5.65 Å². The van der Waals surface area contributed by atoms with Crippen molar-refractivity contribution in [2.45, 2.75) is 25.8 Å². The minimum absolute atomic E-state index is 0.304. The summed E-state index contributed by atoms with van der Waals surface area (Å²) in [4.78, 5) is 8.74. The molecule has 2 aliphatic rings. The Bertz CT molecular complexity index is 976. The fourth-order valence-corrected chi connectivity index (χ4v) is 4.04. The van der Waals surface area contributed by atoms with Crippen LogP contribution >= 0.6 is 11.6 Å². The van der Waals surface area contributed by atoms with Crippen LogP contribution in [0.4, 0.5) is 10.2 Å². The Kier molecular flexibility index (Phi) is 4.64. The average Bonchev–Trinajstić information content (AvgIpc) is 3.44. The van der Waals surface area contributed by atoms with Crippen molar-refractivity contribution in [3.05, 3.63) is 52.8 Å². The number of aromatic nitrogens is 4. The number of anilines is 1. The third-order valence-corrected chi connectivity index (χ3v) is 6.05. The fourth-order valence-electron chi connectivity index (χ4n) is 3.78. The van der Waals surface area contributed by atoms with Crippen molar-refractivity contribution in [3.8, 4) is 0 Å². The van der Waals surface area contributed by atoms with Gasteiger partial charge >= 0.3 is 0 Å². The molecule has 0 amide bonds. The first-order chi connectivity index (χ1) is 13.7. The normalized spacial score (nSPS) is 18.1. The molecule has 1 saturated carbocycles. The molecule has 0 atom stereocenters. The highest BCUT2D eigenvalue weighted by Gasteiger charge is 2.25. The summed E-state index contributed by atoms with van der Waals surface area (Å²) in [5, 5.41) is 9.37. The summed E-state index contributed by atoms with van der Waals surface area (Å²) in [6, 6.07) is 5.28. The van der Waals surface area contributed by atoms with Crippen LogP contribution in [0.1, 0.15) is 24.2 Å². The maximum Gasteiger partial charge on any atom is 0.179 e. The van der Waals surface area contributed by atoms with Crippen LogP contribution in [0.25, 0.3) is 5.65 Å². The van der Waals surface area contributed by atoms with Gasteiger partial charge < -0.3 is 4.90 Å². The van der Waals surface area contributed by atoms with Crippen LogP contribution in [0.3, 0.4) is 0 Å². The third kappa shape index (κ3) is 3.56. The van der Waals surface area contributed by atoms with Gasteiger partial charge in [0.2, 0.25) is 0 Å². The van der Waals surface area contributed by atoms with Crippen LogP contribution in [0.2, 0.25) is 5.02 Å². The van der Waals surface area contributed by atoms with Crippen LogP contribution in [0, 0.1) is 11.7 Å². The average molecular weight is 401 g/mol. The molecule has 3 aromatic rings. The van der Waals surface area contributed by atoms with E-state index in [-0.39, 0.29) is 5.82 Å². The molecule has 0 unspecified atom stereocenters. The highest BCUT2D eigenvalue weighted by molar-refractivity contribution is 6.34. The number of halogens is 2. The van der Waals surface area contributed by atoms with E-state index in [0.717, 1.165) is 67.9 Å². The van der Waals surface area contributed by atoms with Gasteiger partial charge in [0.05, 0.1) is 11.2 Å². The second-order valence-electron chi connectivity index (χ2n) is 7.71. The highest BCUT2D eigenvalue weighted by Crippen LogP contribution is 2.33. The van der Waals surface area contributed by atoms with Crippen LogP contribution < -0.4 is 4.90 Å². The summed E-state index contributed by atoms with van der Waals surface area (Å²) in [5.74, 6) is 2.29. The van der Waals surface area contributed by atoms with Gasteiger partial charge in [0.25, 0.3) is 0 Å². The van der Waals surface area contributed by atoms with E-state index in [1.807, 2.05) is 10.6 Å². The van der Waals surface area contributed by atoms with Crippen molar-refractivity contribution in [2.75, 3.05) is 31.1 Å². The molecule has 5 rings (SSSR count). The zero-order chi connectivity index (χ0) is 19.1. The van der Waals surface area contributed by atoms with Crippen molar-refractivity contribution in [1.29, 1.82) is 0 Å². The van der Waals surface area contributed by atoms with Crippen LogP contribution in [0.15, 0.2) is 30.6 Å². The first-order valence-electron chi connectivity index (χ1n) is 9.77. The molecular weight excluding hydrogens is 379 g/mol.